The second-order valence-corrected chi connectivity index (χ2v) is 7.86. The van der Waals surface area contributed by atoms with Gasteiger partial charge in [-0.1, -0.05) is 0 Å². The topological polar surface area (TPSA) is 84.9 Å². The number of aliphatic hydroxyl groups excluding tert-OH is 1. The first-order valence-corrected chi connectivity index (χ1v) is 8.44. The molecule has 110 valence electrons. The van der Waals surface area contributed by atoms with Crippen LogP contribution in [0.25, 0.3) is 0 Å². The van der Waals surface area contributed by atoms with E-state index < -0.39 is 10.0 Å². The van der Waals surface area contributed by atoms with Crippen LogP contribution in [-0.4, -0.2) is 47.0 Å². The first-order chi connectivity index (χ1) is 8.94. The van der Waals surface area contributed by atoms with E-state index >= 15 is 0 Å². The molecular formula is C10H16BrNO5S2. The molecule has 9 heteroatoms. The number of thiophene rings is 1. The highest BCUT2D eigenvalue weighted by Crippen LogP contribution is 2.31. The minimum Gasteiger partial charge on any atom is -0.391 e. The molecular weight excluding hydrogens is 358 g/mol. The summed E-state index contributed by atoms with van der Waals surface area (Å²) >= 11 is 4.36. The van der Waals surface area contributed by atoms with Gasteiger partial charge in [0, 0.05) is 25.6 Å². The van der Waals surface area contributed by atoms with Gasteiger partial charge in [-0.2, -0.15) is 0 Å². The third-order valence-corrected chi connectivity index (χ3v) is 6.00. The van der Waals surface area contributed by atoms with Crippen molar-refractivity contribution in [2.75, 3.05) is 27.4 Å². The molecule has 0 aliphatic carbocycles. The van der Waals surface area contributed by atoms with Crippen LogP contribution in [0, 0.1) is 0 Å². The van der Waals surface area contributed by atoms with Gasteiger partial charge in [0.25, 0.3) is 0 Å². The molecule has 2 N–H and O–H groups in total. The predicted octanol–water partition coefficient (Wildman–Crippen LogP) is 0.943. The molecule has 0 bridgehead atoms. The Hall–Kier alpha value is -0.0300. The third-order valence-electron chi connectivity index (χ3n) is 2.34. The summed E-state index contributed by atoms with van der Waals surface area (Å²) in [5, 5.41) is 9.01. The summed E-state index contributed by atoms with van der Waals surface area (Å²) in [7, 11) is -0.631. The van der Waals surface area contributed by atoms with Gasteiger partial charge in [-0.25, -0.2) is 13.1 Å². The van der Waals surface area contributed by atoms with Crippen LogP contribution in [0.15, 0.2) is 14.7 Å². The standard InChI is InChI=1S/C10H16BrNO5S2/c1-16-6-7(17-2)4-12-19(14,15)9-3-8(5-13)18-10(9)11/h3,7,12-13H,4-6H2,1-2H3. The minimum atomic E-state index is -3.64. The highest BCUT2D eigenvalue weighted by Gasteiger charge is 2.22. The van der Waals surface area contributed by atoms with Crippen LogP contribution in [0.2, 0.25) is 0 Å². The summed E-state index contributed by atoms with van der Waals surface area (Å²) in [6, 6.07) is 1.44. The molecule has 6 nitrogen and oxygen atoms in total. The van der Waals surface area contributed by atoms with Crippen molar-refractivity contribution in [3.05, 3.63) is 14.7 Å². The highest BCUT2D eigenvalue weighted by molar-refractivity contribution is 9.11. The van der Waals surface area contributed by atoms with E-state index in [9.17, 15) is 8.42 Å². The van der Waals surface area contributed by atoms with Crippen molar-refractivity contribution in [2.24, 2.45) is 0 Å². The Labute approximate surface area is 124 Å². The summed E-state index contributed by atoms with van der Waals surface area (Å²) in [5.41, 5.74) is 0. The van der Waals surface area contributed by atoms with Gasteiger partial charge < -0.3 is 14.6 Å². The monoisotopic (exact) mass is 373 g/mol. The molecule has 0 aromatic carbocycles. The molecule has 0 spiro atoms. The van der Waals surface area contributed by atoms with Crippen molar-refractivity contribution >= 4 is 37.3 Å². The van der Waals surface area contributed by atoms with Crippen LogP contribution in [-0.2, 0) is 26.1 Å². The number of hydrogen-bond acceptors (Lipinski definition) is 6. The normalized spacial score (nSPS) is 13.7. The summed E-state index contributed by atoms with van der Waals surface area (Å²) < 4.78 is 37.1. The quantitative estimate of drug-likeness (QED) is 0.708. The Kier molecular flexibility index (Phi) is 6.87. The van der Waals surface area contributed by atoms with Crippen molar-refractivity contribution < 1.29 is 23.0 Å². The van der Waals surface area contributed by atoms with E-state index in [1.807, 2.05) is 0 Å². The molecule has 1 unspecified atom stereocenters. The van der Waals surface area contributed by atoms with Gasteiger partial charge in [0.1, 0.15) is 4.90 Å². The van der Waals surface area contributed by atoms with Crippen LogP contribution in [0.1, 0.15) is 4.88 Å². The number of aliphatic hydroxyl groups is 1. The first-order valence-electron chi connectivity index (χ1n) is 5.35. The van der Waals surface area contributed by atoms with E-state index in [0.29, 0.717) is 15.3 Å². The molecule has 1 rings (SSSR count). The number of ether oxygens (including phenoxy) is 2. The van der Waals surface area contributed by atoms with E-state index in [-0.39, 0.29) is 24.2 Å². The fraction of sp³-hybridized carbons (Fsp3) is 0.600. The molecule has 0 aliphatic rings. The Balaban J connectivity index is 2.77. The average molecular weight is 374 g/mol. The van der Waals surface area contributed by atoms with E-state index in [0.717, 1.165) is 0 Å². The summed E-state index contributed by atoms with van der Waals surface area (Å²) in [6.45, 7) is 0.221. The second-order valence-electron chi connectivity index (χ2n) is 3.67. The Morgan fingerprint density at radius 3 is 2.68 bits per heavy atom. The van der Waals surface area contributed by atoms with Crippen molar-refractivity contribution in [1.29, 1.82) is 0 Å². The Morgan fingerprint density at radius 2 is 2.21 bits per heavy atom. The number of halogens is 1. The minimum absolute atomic E-state index is 0.115. The fourth-order valence-corrected chi connectivity index (χ4v) is 4.94. The van der Waals surface area contributed by atoms with Gasteiger partial charge in [-0.05, 0) is 22.0 Å². The molecule has 0 aliphatic heterocycles. The molecule has 0 radical (unpaired) electrons. The Bertz CT molecular complexity index is 502. The average Bonchev–Trinajstić information content (AvgIpc) is 2.76. The smallest absolute Gasteiger partial charge is 0.242 e. The van der Waals surface area contributed by atoms with Gasteiger partial charge in [0.15, 0.2) is 0 Å². The summed E-state index contributed by atoms with van der Waals surface area (Å²) in [5.74, 6) is 0. The van der Waals surface area contributed by atoms with Crippen molar-refractivity contribution in [3.63, 3.8) is 0 Å². The van der Waals surface area contributed by atoms with Crippen LogP contribution >= 0.6 is 27.3 Å². The Morgan fingerprint density at radius 1 is 1.53 bits per heavy atom. The molecule has 0 amide bonds. The van der Waals surface area contributed by atoms with E-state index in [2.05, 4.69) is 20.7 Å². The van der Waals surface area contributed by atoms with Crippen molar-refractivity contribution in [1.82, 2.24) is 4.72 Å². The van der Waals surface area contributed by atoms with Crippen LogP contribution in [0.3, 0.4) is 0 Å². The van der Waals surface area contributed by atoms with Crippen LogP contribution in [0.4, 0.5) is 0 Å². The molecule has 1 aromatic rings. The molecule has 0 saturated heterocycles. The molecule has 1 atom stereocenters. The SMILES string of the molecule is COCC(CNS(=O)(=O)c1cc(CO)sc1Br)OC. The third kappa shape index (κ3) is 4.78. The number of rotatable bonds is 8. The summed E-state index contributed by atoms with van der Waals surface area (Å²) in [4.78, 5) is 0.696. The van der Waals surface area contributed by atoms with Gasteiger partial charge in [0.05, 0.1) is 23.1 Å². The zero-order valence-corrected chi connectivity index (χ0v) is 13.8. The lowest BCUT2D eigenvalue weighted by molar-refractivity contribution is 0.0320. The molecule has 1 heterocycles. The molecule has 19 heavy (non-hydrogen) atoms. The number of hydrogen-bond donors (Lipinski definition) is 2. The zero-order chi connectivity index (χ0) is 14.5. The fourth-order valence-electron chi connectivity index (χ4n) is 1.34. The van der Waals surface area contributed by atoms with Crippen molar-refractivity contribution in [2.45, 2.75) is 17.6 Å². The second kappa shape index (κ2) is 7.67. The highest BCUT2D eigenvalue weighted by atomic mass is 79.9. The van der Waals surface area contributed by atoms with Gasteiger partial charge in [0.2, 0.25) is 10.0 Å². The lowest BCUT2D eigenvalue weighted by Crippen LogP contribution is -2.35. The molecule has 0 fully saturated rings. The maximum absolute atomic E-state index is 12.1. The van der Waals surface area contributed by atoms with Gasteiger partial charge in [-0.3, -0.25) is 0 Å². The maximum Gasteiger partial charge on any atom is 0.242 e. The number of nitrogens with one attached hydrogen (secondary N) is 1. The van der Waals surface area contributed by atoms with E-state index in [4.69, 9.17) is 14.6 Å². The zero-order valence-electron chi connectivity index (χ0n) is 10.6. The summed E-state index contributed by atoms with van der Waals surface area (Å²) in [6.07, 6.45) is -0.352. The van der Waals surface area contributed by atoms with E-state index in [1.165, 1.54) is 31.6 Å². The molecule has 0 saturated carbocycles. The number of methoxy groups -OCH3 is 2. The molecule has 1 aromatic heterocycles. The van der Waals surface area contributed by atoms with Crippen LogP contribution in [0.5, 0.6) is 0 Å². The van der Waals surface area contributed by atoms with Crippen molar-refractivity contribution in [3.8, 4) is 0 Å². The largest absolute Gasteiger partial charge is 0.391 e. The first kappa shape index (κ1) is 17.0. The van der Waals surface area contributed by atoms with Gasteiger partial charge in [-0.15, -0.1) is 11.3 Å². The van der Waals surface area contributed by atoms with E-state index in [1.54, 1.807) is 0 Å². The van der Waals surface area contributed by atoms with Crippen LogP contribution < -0.4 is 4.72 Å². The predicted molar refractivity (Wildman–Crippen MR) is 75.8 cm³/mol. The number of sulfonamides is 1. The lowest BCUT2D eigenvalue weighted by atomic mass is 10.4. The lowest BCUT2D eigenvalue weighted by Gasteiger charge is -2.14. The van der Waals surface area contributed by atoms with Gasteiger partial charge >= 0.3 is 0 Å². The maximum atomic E-state index is 12.1.